The Morgan fingerprint density at radius 3 is 2.94 bits per heavy atom. The Bertz CT molecular complexity index is 416. The Morgan fingerprint density at radius 1 is 1.41 bits per heavy atom. The highest BCUT2D eigenvalue weighted by atomic mass is 16.5. The SMILES string of the molecule is CN(C)C(=O)COc1ccnc2c1CCCC2. The molecule has 0 aromatic carbocycles. The minimum absolute atomic E-state index is 0.0219. The van der Waals surface area contributed by atoms with Gasteiger partial charge in [0.15, 0.2) is 6.61 Å². The predicted octanol–water partition coefficient (Wildman–Crippen LogP) is 1.43. The molecule has 0 N–H and O–H groups in total. The van der Waals surface area contributed by atoms with Crippen molar-refractivity contribution in [1.29, 1.82) is 0 Å². The van der Waals surface area contributed by atoms with Crippen LogP contribution in [0.2, 0.25) is 0 Å². The minimum Gasteiger partial charge on any atom is -0.483 e. The molecule has 1 aliphatic rings. The van der Waals surface area contributed by atoms with Gasteiger partial charge in [0.25, 0.3) is 5.91 Å². The number of carbonyl (C=O) groups excluding carboxylic acids is 1. The molecule has 1 heterocycles. The summed E-state index contributed by atoms with van der Waals surface area (Å²) in [7, 11) is 3.46. The fourth-order valence-corrected chi connectivity index (χ4v) is 2.00. The topological polar surface area (TPSA) is 42.4 Å². The third-order valence-corrected chi connectivity index (χ3v) is 3.04. The molecule has 0 radical (unpaired) electrons. The van der Waals surface area contributed by atoms with E-state index in [2.05, 4.69) is 4.98 Å². The predicted molar refractivity (Wildman–Crippen MR) is 65.1 cm³/mol. The lowest BCUT2D eigenvalue weighted by atomic mass is 9.95. The summed E-state index contributed by atoms with van der Waals surface area (Å²) in [4.78, 5) is 17.4. The van der Waals surface area contributed by atoms with Gasteiger partial charge in [0, 0.05) is 31.5 Å². The van der Waals surface area contributed by atoms with E-state index in [4.69, 9.17) is 4.74 Å². The zero-order valence-corrected chi connectivity index (χ0v) is 10.4. The number of hydrogen-bond donors (Lipinski definition) is 0. The molecular weight excluding hydrogens is 216 g/mol. The summed E-state index contributed by atoms with van der Waals surface area (Å²) in [6.45, 7) is 0.101. The molecule has 0 aliphatic heterocycles. The Hall–Kier alpha value is -1.58. The maximum absolute atomic E-state index is 11.5. The van der Waals surface area contributed by atoms with E-state index in [9.17, 15) is 4.79 Å². The van der Waals surface area contributed by atoms with Crippen molar-refractivity contribution in [2.24, 2.45) is 0 Å². The Balaban J connectivity index is 2.08. The van der Waals surface area contributed by atoms with E-state index < -0.39 is 0 Å². The summed E-state index contributed by atoms with van der Waals surface area (Å²) in [5.41, 5.74) is 2.32. The Kier molecular flexibility index (Phi) is 3.61. The van der Waals surface area contributed by atoms with Crippen molar-refractivity contribution in [2.45, 2.75) is 25.7 Å². The van der Waals surface area contributed by atoms with Crippen molar-refractivity contribution in [3.05, 3.63) is 23.5 Å². The second kappa shape index (κ2) is 5.17. The van der Waals surface area contributed by atoms with Gasteiger partial charge in [0.05, 0.1) is 0 Å². The summed E-state index contributed by atoms with van der Waals surface area (Å²) in [6.07, 6.45) is 6.17. The summed E-state index contributed by atoms with van der Waals surface area (Å²) in [5, 5.41) is 0. The van der Waals surface area contributed by atoms with Crippen LogP contribution in [-0.2, 0) is 17.6 Å². The first-order valence-electron chi connectivity index (χ1n) is 5.98. The molecule has 1 amide bonds. The van der Waals surface area contributed by atoms with Crippen molar-refractivity contribution in [3.8, 4) is 5.75 Å². The number of aryl methyl sites for hydroxylation is 1. The molecule has 0 saturated heterocycles. The molecule has 1 aromatic rings. The smallest absolute Gasteiger partial charge is 0.259 e. The largest absolute Gasteiger partial charge is 0.483 e. The Labute approximate surface area is 102 Å². The summed E-state index contributed by atoms with van der Waals surface area (Å²) in [5.74, 6) is 0.802. The first kappa shape index (κ1) is 11.9. The average molecular weight is 234 g/mol. The number of pyridine rings is 1. The second-order valence-corrected chi connectivity index (χ2v) is 4.52. The van der Waals surface area contributed by atoms with Crippen molar-refractivity contribution in [3.63, 3.8) is 0 Å². The van der Waals surface area contributed by atoms with Gasteiger partial charge in [-0.15, -0.1) is 0 Å². The number of hydrogen-bond acceptors (Lipinski definition) is 3. The van der Waals surface area contributed by atoms with E-state index in [0.29, 0.717) is 0 Å². The molecule has 92 valence electrons. The highest BCUT2D eigenvalue weighted by Gasteiger charge is 2.16. The summed E-state index contributed by atoms with van der Waals surface area (Å²) in [6, 6.07) is 1.85. The lowest BCUT2D eigenvalue weighted by Gasteiger charge is -2.19. The third-order valence-electron chi connectivity index (χ3n) is 3.04. The van der Waals surface area contributed by atoms with E-state index in [1.807, 2.05) is 6.07 Å². The lowest BCUT2D eigenvalue weighted by molar-refractivity contribution is -0.130. The molecule has 0 saturated carbocycles. The number of nitrogens with zero attached hydrogens (tertiary/aromatic N) is 2. The van der Waals surface area contributed by atoms with Gasteiger partial charge in [-0.05, 0) is 31.7 Å². The van der Waals surface area contributed by atoms with Crippen LogP contribution in [0.3, 0.4) is 0 Å². The van der Waals surface area contributed by atoms with Crippen LogP contribution in [0.4, 0.5) is 0 Å². The fraction of sp³-hybridized carbons (Fsp3) is 0.538. The molecule has 1 aliphatic carbocycles. The van der Waals surface area contributed by atoms with Crippen LogP contribution < -0.4 is 4.74 Å². The van der Waals surface area contributed by atoms with E-state index in [1.165, 1.54) is 23.3 Å². The van der Waals surface area contributed by atoms with Crippen LogP contribution in [0.15, 0.2) is 12.3 Å². The second-order valence-electron chi connectivity index (χ2n) is 4.52. The number of carbonyl (C=O) groups is 1. The fourth-order valence-electron chi connectivity index (χ4n) is 2.00. The van der Waals surface area contributed by atoms with Gasteiger partial charge < -0.3 is 9.64 Å². The van der Waals surface area contributed by atoms with E-state index in [-0.39, 0.29) is 12.5 Å². The van der Waals surface area contributed by atoms with Crippen LogP contribution in [0.25, 0.3) is 0 Å². The van der Waals surface area contributed by atoms with Gasteiger partial charge in [0.1, 0.15) is 5.75 Å². The van der Waals surface area contributed by atoms with E-state index >= 15 is 0 Å². The van der Waals surface area contributed by atoms with Crippen LogP contribution >= 0.6 is 0 Å². The summed E-state index contributed by atoms with van der Waals surface area (Å²) >= 11 is 0. The van der Waals surface area contributed by atoms with Crippen LogP contribution in [0, 0.1) is 0 Å². The molecule has 4 heteroatoms. The monoisotopic (exact) mass is 234 g/mol. The van der Waals surface area contributed by atoms with Gasteiger partial charge in [-0.25, -0.2) is 0 Å². The molecule has 0 bridgehead atoms. The van der Waals surface area contributed by atoms with Crippen LogP contribution in [0.1, 0.15) is 24.1 Å². The van der Waals surface area contributed by atoms with Crippen LogP contribution in [-0.4, -0.2) is 36.5 Å². The zero-order valence-electron chi connectivity index (χ0n) is 10.4. The molecule has 1 aromatic heterocycles. The number of amides is 1. The van der Waals surface area contributed by atoms with Gasteiger partial charge in [-0.2, -0.15) is 0 Å². The van der Waals surface area contributed by atoms with Crippen LogP contribution in [0.5, 0.6) is 5.75 Å². The summed E-state index contributed by atoms with van der Waals surface area (Å²) < 4.78 is 5.60. The Morgan fingerprint density at radius 2 is 2.18 bits per heavy atom. The third kappa shape index (κ3) is 2.75. The maximum atomic E-state index is 11.5. The number of rotatable bonds is 3. The van der Waals surface area contributed by atoms with Gasteiger partial charge in [0.2, 0.25) is 0 Å². The van der Waals surface area contributed by atoms with Gasteiger partial charge >= 0.3 is 0 Å². The lowest BCUT2D eigenvalue weighted by Crippen LogP contribution is -2.27. The number of ether oxygens (including phenoxy) is 1. The normalized spacial score (nSPS) is 14.0. The minimum atomic E-state index is -0.0219. The highest BCUT2D eigenvalue weighted by molar-refractivity contribution is 5.77. The van der Waals surface area contributed by atoms with Crippen molar-refractivity contribution < 1.29 is 9.53 Å². The number of likely N-dealkylation sites (N-methyl/N-ethyl adjacent to an activating group) is 1. The molecule has 0 unspecified atom stereocenters. The van der Waals surface area contributed by atoms with Crippen molar-refractivity contribution >= 4 is 5.91 Å². The molecule has 0 atom stereocenters. The molecule has 17 heavy (non-hydrogen) atoms. The molecule has 4 nitrogen and oxygen atoms in total. The number of fused-ring (bicyclic) bond motifs is 1. The van der Waals surface area contributed by atoms with Crippen molar-refractivity contribution in [1.82, 2.24) is 9.88 Å². The molecular formula is C13H18N2O2. The van der Waals surface area contributed by atoms with Gasteiger partial charge in [-0.3, -0.25) is 9.78 Å². The molecule has 0 fully saturated rings. The standard InChI is InChI=1S/C13H18N2O2/c1-15(2)13(16)9-17-12-7-8-14-11-6-4-3-5-10(11)12/h7-8H,3-6,9H2,1-2H3. The molecule has 0 spiro atoms. The van der Waals surface area contributed by atoms with E-state index in [1.54, 1.807) is 20.3 Å². The first-order chi connectivity index (χ1) is 8.18. The zero-order chi connectivity index (χ0) is 12.3. The van der Waals surface area contributed by atoms with Gasteiger partial charge in [-0.1, -0.05) is 0 Å². The maximum Gasteiger partial charge on any atom is 0.259 e. The first-order valence-corrected chi connectivity index (χ1v) is 5.98. The molecule has 2 rings (SSSR count). The quantitative estimate of drug-likeness (QED) is 0.794. The number of aromatic nitrogens is 1. The average Bonchev–Trinajstić information content (AvgIpc) is 2.35. The van der Waals surface area contributed by atoms with E-state index in [0.717, 1.165) is 24.3 Å². The van der Waals surface area contributed by atoms with Crippen molar-refractivity contribution in [2.75, 3.05) is 20.7 Å². The highest BCUT2D eigenvalue weighted by Crippen LogP contribution is 2.27.